The van der Waals surface area contributed by atoms with Gasteiger partial charge in [0, 0.05) is 36.1 Å². The minimum Gasteiger partial charge on any atom is -0.506 e. The summed E-state index contributed by atoms with van der Waals surface area (Å²) in [5, 5.41) is 12.4. The van der Waals surface area contributed by atoms with Crippen molar-refractivity contribution in [2.45, 2.75) is 82.8 Å². The van der Waals surface area contributed by atoms with Crippen molar-refractivity contribution in [1.29, 1.82) is 0 Å². The molecule has 1 N–H and O–H groups in total. The molecule has 0 radical (unpaired) electrons. The van der Waals surface area contributed by atoms with Gasteiger partial charge in [-0.05, 0) is 94.3 Å². The molecule has 6 heteroatoms. The Labute approximate surface area is 211 Å². The molecular formula is C29H35ClN2O3. The largest absolute Gasteiger partial charge is 0.506 e. The number of fused-ring (bicyclic) bond motifs is 9. The van der Waals surface area contributed by atoms with Crippen molar-refractivity contribution >= 4 is 22.6 Å². The van der Waals surface area contributed by atoms with E-state index in [1.54, 1.807) is 5.57 Å². The van der Waals surface area contributed by atoms with Gasteiger partial charge in [-0.3, -0.25) is 9.80 Å². The molecular weight excluding hydrogens is 460 g/mol. The van der Waals surface area contributed by atoms with E-state index < -0.39 is 0 Å². The monoisotopic (exact) mass is 494 g/mol. The molecule has 35 heavy (non-hydrogen) atoms. The zero-order valence-corrected chi connectivity index (χ0v) is 21.2. The van der Waals surface area contributed by atoms with Gasteiger partial charge in [-0.2, -0.15) is 0 Å². The number of benzene rings is 1. The maximum Gasteiger partial charge on any atom is 0.339 e. The van der Waals surface area contributed by atoms with Gasteiger partial charge in [-0.1, -0.05) is 29.7 Å². The van der Waals surface area contributed by atoms with Gasteiger partial charge in [0.15, 0.2) is 0 Å². The van der Waals surface area contributed by atoms with Crippen molar-refractivity contribution in [3.8, 4) is 5.75 Å². The molecule has 0 spiro atoms. The van der Waals surface area contributed by atoms with E-state index in [0.29, 0.717) is 40.6 Å². The Kier molecular flexibility index (Phi) is 5.52. The van der Waals surface area contributed by atoms with Crippen LogP contribution in [0.3, 0.4) is 0 Å². The normalized spacial score (nSPS) is 30.9. The smallest absolute Gasteiger partial charge is 0.339 e. The molecule has 2 aliphatic carbocycles. The predicted molar refractivity (Wildman–Crippen MR) is 138 cm³/mol. The molecule has 5 aliphatic rings. The first kappa shape index (κ1) is 22.4. The first-order chi connectivity index (χ1) is 17.1. The standard InChI is InChI=1S/C29H35ClN2O3/c30-24-14-22-20-7-1-2-8-21(20)29(34)35-28(22)23(27(24)33)16-32-11-5-6-17-12-18-13-19(26(17)32)15-31-10-4-3-9-25(18)31/h12,14,18-19,25-26,33H,1-11,13,15-16H2/t18-,19+,25+,26-/m0/s1. The number of hydrogen-bond acceptors (Lipinski definition) is 5. The fraction of sp³-hybridized carbons (Fsp3) is 0.621. The summed E-state index contributed by atoms with van der Waals surface area (Å²) in [7, 11) is 0. The third kappa shape index (κ3) is 3.60. The Morgan fingerprint density at radius 1 is 1.06 bits per heavy atom. The van der Waals surface area contributed by atoms with Gasteiger partial charge in [0.1, 0.15) is 11.3 Å². The Morgan fingerprint density at radius 3 is 2.80 bits per heavy atom. The number of rotatable bonds is 2. The van der Waals surface area contributed by atoms with Crippen LogP contribution in [0.1, 0.15) is 68.1 Å². The van der Waals surface area contributed by atoms with E-state index >= 15 is 0 Å². The molecule has 5 nitrogen and oxygen atoms in total. The van der Waals surface area contributed by atoms with Crippen LogP contribution in [0.2, 0.25) is 5.02 Å². The van der Waals surface area contributed by atoms with Crippen molar-refractivity contribution in [2.75, 3.05) is 19.6 Å². The van der Waals surface area contributed by atoms with Crippen LogP contribution in [0.15, 0.2) is 26.9 Å². The van der Waals surface area contributed by atoms with Crippen LogP contribution in [0.4, 0.5) is 0 Å². The molecule has 7 rings (SSSR count). The summed E-state index contributed by atoms with van der Waals surface area (Å²) in [6, 6.07) is 2.96. The van der Waals surface area contributed by atoms with Crippen LogP contribution in [-0.2, 0) is 19.4 Å². The maximum absolute atomic E-state index is 12.9. The summed E-state index contributed by atoms with van der Waals surface area (Å²) in [6.45, 7) is 3.99. The molecule has 0 amide bonds. The number of aryl methyl sites for hydroxylation is 1. The molecule has 4 atom stereocenters. The van der Waals surface area contributed by atoms with E-state index in [1.807, 2.05) is 6.07 Å². The maximum atomic E-state index is 12.9. The molecule has 186 valence electrons. The number of piperidine rings is 3. The number of phenolic OH excluding ortho intramolecular Hbond substituents is 1. The highest BCUT2D eigenvalue weighted by Gasteiger charge is 2.46. The van der Waals surface area contributed by atoms with Gasteiger partial charge in [0.2, 0.25) is 0 Å². The Balaban J connectivity index is 1.29. The van der Waals surface area contributed by atoms with Crippen LogP contribution >= 0.6 is 11.6 Å². The summed E-state index contributed by atoms with van der Waals surface area (Å²) >= 11 is 6.58. The molecule has 0 saturated carbocycles. The lowest BCUT2D eigenvalue weighted by atomic mass is 9.68. The fourth-order valence-corrected chi connectivity index (χ4v) is 8.43. The zero-order valence-electron chi connectivity index (χ0n) is 20.4. The Morgan fingerprint density at radius 2 is 1.91 bits per heavy atom. The van der Waals surface area contributed by atoms with Gasteiger partial charge in [-0.25, -0.2) is 4.79 Å². The number of hydrogen-bond donors (Lipinski definition) is 1. The summed E-state index contributed by atoms with van der Waals surface area (Å²) < 4.78 is 5.93. The number of likely N-dealkylation sites (tertiary alicyclic amines) is 1. The average Bonchev–Trinajstić information content (AvgIpc) is 2.88. The lowest BCUT2D eigenvalue weighted by Gasteiger charge is -2.54. The minimum absolute atomic E-state index is 0.0719. The first-order valence-corrected chi connectivity index (χ1v) is 14.1. The second-order valence-corrected chi connectivity index (χ2v) is 12.0. The number of halogens is 1. The van der Waals surface area contributed by atoms with Crippen LogP contribution in [0.25, 0.3) is 11.0 Å². The molecule has 2 bridgehead atoms. The van der Waals surface area contributed by atoms with Crippen molar-refractivity contribution in [3.63, 3.8) is 0 Å². The van der Waals surface area contributed by atoms with E-state index in [-0.39, 0.29) is 11.4 Å². The van der Waals surface area contributed by atoms with Gasteiger partial charge in [0.25, 0.3) is 0 Å². The topological polar surface area (TPSA) is 56.9 Å². The highest BCUT2D eigenvalue weighted by atomic mass is 35.5. The van der Waals surface area contributed by atoms with Crippen molar-refractivity contribution in [2.24, 2.45) is 11.8 Å². The Hall–Kier alpha value is -1.82. The van der Waals surface area contributed by atoms with E-state index in [9.17, 15) is 9.90 Å². The molecule has 0 unspecified atom stereocenters. The zero-order chi connectivity index (χ0) is 23.7. The van der Waals surface area contributed by atoms with Crippen LogP contribution in [0, 0.1) is 11.8 Å². The third-order valence-corrected chi connectivity index (χ3v) is 9.95. The number of nitrogens with zero attached hydrogens (tertiary/aromatic N) is 2. The number of aromatic hydroxyl groups is 1. The molecule has 3 fully saturated rings. The quantitative estimate of drug-likeness (QED) is 0.446. The second-order valence-electron chi connectivity index (χ2n) is 11.6. The lowest BCUT2D eigenvalue weighted by molar-refractivity contribution is -0.00274. The average molecular weight is 495 g/mol. The Bertz CT molecular complexity index is 1270. The van der Waals surface area contributed by atoms with Gasteiger partial charge in [0.05, 0.1) is 10.6 Å². The molecule has 1 aromatic heterocycles. The minimum atomic E-state index is -0.238. The van der Waals surface area contributed by atoms with E-state index in [1.165, 1.54) is 45.2 Å². The summed E-state index contributed by atoms with van der Waals surface area (Å²) in [5.74, 6) is 1.40. The summed E-state index contributed by atoms with van der Waals surface area (Å²) in [6.07, 6.45) is 14.0. The predicted octanol–water partition coefficient (Wildman–Crippen LogP) is 5.43. The van der Waals surface area contributed by atoms with Crippen LogP contribution in [-0.4, -0.2) is 46.6 Å². The summed E-state index contributed by atoms with van der Waals surface area (Å²) in [4.78, 5) is 18.2. The first-order valence-electron chi connectivity index (χ1n) is 13.8. The van der Waals surface area contributed by atoms with E-state index in [4.69, 9.17) is 16.0 Å². The molecule has 1 aromatic carbocycles. The second kappa shape index (κ2) is 8.64. The van der Waals surface area contributed by atoms with Crippen LogP contribution in [0.5, 0.6) is 5.75 Å². The van der Waals surface area contributed by atoms with Gasteiger partial charge >= 0.3 is 5.63 Å². The van der Waals surface area contributed by atoms with Gasteiger partial charge < -0.3 is 9.52 Å². The van der Waals surface area contributed by atoms with E-state index in [2.05, 4.69) is 15.9 Å². The van der Waals surface area contributed by atoms with Crippen molar-refractivity contribution in [1.82, 2.24) is 9.80 Å². The molecule has 2 aromatic rings. The third-order valence-electron chi connectivity index (χ3n) is 9.66. The summed E-state index contributed by atoms with van der Waals surface area (Å²) in [5.41, 5.74) is 4.48. The SMILES string of the molecule is O=c1oc2c(CN3CCCC4=C[C@H]5C[C@H](CN6CCCC[C@H]56)[C@H]43)c(O)c(Cl)cc2c2c1CCCC2. The fourth-order valence-electron chi connectivity index (χ4n) is 8.21. The van der Waals surface area contributed by atoms with E-state index in [0.717, 1.165) is 61.2 Å². The van der Waals surface area contributed by atoms with Crippen molar-refractivity contribution < 1.29 is 9.52 Å². The molecule has 3 saturated heterocycles. The molecule has 4 heterocycles. The van der Waals surface area contributed by atoms with Crippen LogP contribution < -0.4 is 5.63 Å². The highest BCUT2D eigenvalue weighted by molar-refractivity contribution is 6.33. The lowest BCUT2D eigenvalue weighted by Crippen LogP contribution is -2.59. The number of phenols is 1. The van der Waals surface area contributed by atoms with Gasteiger partial charge in [-0.15, -0.1) is 0 Å². The highest BCUT2D eigenvalue weighted by Crippen LogP contribution is 2.46. The molecule has 3 aliphatic heterocycles. The van der Waals surface area contributed by atoms with Crippen molar-refractivity contribution in [3.05, 3.63) is 49.8 Å².